The van der Waals surface area contributed by atoms with Crippen LogP contribution in [0.1, 0.15) is 41.3 Å². The van der Waals surface area contributed by atoms with E-state index in [1.807, 2.05) is 0 Å². The van der Waals surface area contributed by atoms with Gasteiger partial charge in [0, 0.05) is 36.8 Å². The van der Waals surface area contributed by atoms with Crippen molar-refractivity contribution < 1.29 is 32.2 Å². The number of benzene rings is 3. The molecule has 2 atom stereocenters. The number of hydrogen-bond donors (Lipinski definition) is 0. The van der Waals surface area contributed by atoms with Crippen LogP contribution in [0.15, 0.2) is 71.7 Å². The van der Waals surface area contributed by atoms with Gasteiger partial charge in [-0.25, -0.2) is 4.79 Å². The van der Waals surface area contributed by atoms with Crippen molar-refractivity contribution in [1.82, 2.24) is 14.7 Å². The summed E-state index contributed by atoms with van der Waals surface area (Å²) in [7, 11) is 1.55. The zero-order valence-corrected chi connectivity index (χ0v) is 26.1. The summed E-state index contributed by atoms with van der Waals surface area (Å²) in [6.45, 7) is 2.84. The molecular weight excluding hydrogens is 632 g/mol. The lowest BCUT2D eigenvalue weighted by molar-refractivity contribution is -0.137. The molecule has 0 saturated carbocycles. The normalized spacial score (nSPS) is 18.8. The van der Waals surface area contributed by atoms with Crippen LogP contribution >= 0.6 is 23.2 Å². The molecule has 0 aliphatic carbocycles. The summed E-state index contributed by atoms with van der Waals surface area (Å²) < 4.78 is 52.0. The van der Waals surface area contributed by atoms with Gasteiger partial charge in [-0.1, -0.05) is 47.5 Å². The Morgan fingerprint density at radius 1 is 0.978 bits per heavy atom. The maximum absolute atomic E-state index is 14.5. The fraction of sp³-hybridized carbons (Fsp3) is 0.344. The third-order valence-electron chi connectivity index (χ3n) is 7.70. The van der Waals surface area contributed by atoms with Crippen molar-refractivity contribution in [3.05, 3.63) is 99.0 Å². The number of nitrogens with zero attached hydrogens (tertiary/aromatic N) is 4. The fourth-order valence-corrected chi connectivity index (χ4v) is 5.73. The van der Waals surface area contributed by atoms with Gasteiger partial charge in [-0.05, 0) is 60.5 Å². The second kappa shape index (κ2) is 13.7. The Balaban J connectivity index is 1.65. The van der Waals surface area contributed by atoms with E-state index in [9.17, 15) is 22.8 Å². The first-order chi connectivity index (χ1) is 21.5. The SMILES string of the molecule is CCOc1cc(C(F)(F)F)ccc1C1=NC(c2ccc(Cl)cc2)C(c2ccc(Cl)cc2)N1C(=O)N1CCN(CCOC)C(=O)C1. The number of hydrogen-bond acceptors (Lipinski definition) is 5. The molecule has 238 valence electrons. The lowest BCUT2D eigenvalue weighted by atomic mass is 9.93. The zero-order chi connectivity index (χ0) is 32.3. The first-order valence-electron chi connectivity index (χ1n) is 14.3. The number of halogens is 5. The molecule has 0 bridgehead atoms. The van der Waals surface area contributed by atoms with Crippen LogP contribution < -0.4 is 4.74 Å². The predicted molar refractivity (Wildman–Crippen MR) is 165 cm³/mol. The van der Waals surface area contributed by atoms with Crippen LogP contribution in [-0.4, -0.2) is 79.0 Å². The van der Waals surface area contributed by atoms with Gasteiger partial charge in [0.2, 0.25) is 5.91 Å². The van der Waals surface area contributed by atoms with Crippen LogP contribution in [0.2, 0.25) is 10.0 Å². The maximum atomic E-state index is 14.5. The monoisotopic (exact) mass is 662 g/mol. The van der Waals surface area contributed by atoms with Crippen LogP contribution in [-0.2, 0) is 15.7 Å². The van der Waals surface area contributed by atoms with Crippen molar-refractivity contribution in [2.24, 2.45) is 4.99 Å². The van der Waals surface area contributed by atoms with Crippen molar-refractivity contribution in [3.63, 3.8) is 0 Å². The molecule has 1 saturated heterocycles. The molecule has 2 aliphatic heterocycles. The van der Waals surface area contributed by atoms with Gasteiger partial charge >= 0.3 is 12.2 Å². The summed E-state index contributed by atoms with van der Waals surface area (Å²) in [5.41, 5.74) is 0.713. The molecule has 0 N–H and O–H groups in total. The van der Waals surface area contributed by atoms with Crippen LogP contribution in [0.25, 0.3) is 0 Å². The number of carbonyl (C=O) groups is 2. The minimum atomic E-state index is -4.61. The third-order valence-corrected chi connectivity index (χ3v) is 8.20. The Kier molecular flexibility index (Phi) is 9.91. The van der Waals surface area contributed by atoms with E-state index >= 15 is 0 Å². The highest BCUT2D eigenvalue weighted by Gasteiger charge is 2.46. The number of amides is 3. The number of urea groups is 1. The molecule has 0 spiro atoms. The quantitative estimate of drug-likeness (QED) is 0.264. The molecule has 2 heterocycles. The third kappa shape index (κ3) is 7.05. The number of aliphatic imine (C=N–C) groups is 1. The first kappa shape index (κ1) is 32.6. The van der Waals surface area contributed by atoms with E-state index in [-0.39, 0.29) is 42.8 Å². The molecule has 3 aromatic carbocycles. The number of methoxy groups -OCH3 is 1. The van der Waals surface area contributed by atoms with Crippen LogP contribution in [0.5, 0.6) is 5.75 Å². The molecule has 3 amide bonds. The summed E-state index contributed by atoms with van der Waals surface area (Å²) >= 11 is 12.4. The van der Waals surface area contributed by atoms with Gasteiger partial charge in [0.05, 0.1) is 30.4 Å². The van der Waals surface area contributed by atoms with E-state index in [1.165, 1.54) is 15.9 Å². The van der Waals surface area contributed by atoms with Crippen molar-refractivity contribution in [3.8, 4) is 5.75 Å². The van der Waals surface area contributed by atoms with Gasteiger partial charge in [-0.3, -0.25) is 14.7 Å². The van der Waals surface area contributed by atoms with Crippen LogP contribution in [0, 0.1) is 0 Å². The predicted octanol–water partition coefficient (Wildman–Crippen LogP) is 6.87. The number of rotatable bonds is 8. The van der Waals surface area contributed by atoms with E-state index < -0.39 is 29.9 Å². The molecule has 8 nitrogen and oxygen atoms in total. The molecule has 2 aliphatic rings. The highest BCUT2D eigenvalue weighted by molar-refractivity contribution is 6.30. The minimum Gasteiger partial charge on any atom is -0.493 e. The van der Waals surface area contributed by atoms with Crippen LogP contribution in [0.3, 0.4) is 0 Å². The molecule has 2 unspecified atom stereocenters. The molecule has 1 fully saturated rings. The Morgan fingerprint density at radius 2 is 1.62 bits per heavy atom. The number of piperazine rings is 1. The summed E-state index contributed by atoms with van der Waals surface area (Å²) in [5, 5.41) is 0.987. The van der Waals surface area contributed by atoms with Crippen LogP contribution in [0.4, 0.5) is 18.0 Å². The number of ether oxygens (including phenoxy) is 2. The fourth-order valence-electron chi connectivity index (χ4n) is 5.47. The van der Waals surface area contributed by atoms with Gasteiger partial charge in [0.15, 0.2) is 0 Å². The molecule has 3 aromatic rings. The topological polar surface area (TPSA) is 74.7 Å². The molecule has 0 aromatic heterocycles. The molecule has 0 radical (unpaired) electrons. The standard InChI is InChI=1S/C32H31Cl2F3N4O4/c1-3-45-26-18-22(32(35,36)37)8-13-25(26)30-38-28(20-4-9-23(33)10-5-20)29(21-6-11-24(34)12-7-21)41(30)31(43)40-15-14-39(16-17-44-2)27(42)19-40/h4-13,18,28-29H,3,14-17,19H2,1-2H3. The van der Waals surface area contributed by atoms with Crippen molar-refractivity contribution >= 4 is 41.0 Å². The maximum Gasteiger partial charge on any atom is 0.416 e. The Bertz CT molecular complexity index is 1570. The number of amidine groups is 1. The molecular formula is C32H31Cl2F3N4O4. The number of carbonyl (C=O) groups excluding carboxylic acids is 2. The lowest BCUT2D eigenvalue weighted by Crippen LogP contribution is -2.56. The van der Waals surface area contributed by atoms with Gasteiger partial charge in [0.25, 0.3) is 0 Å². The summed E-state index contributed by atoms with van der Waals surface area (Å²) in [5.74, 6) is -0.201. The summed E-state index contributed by atoms with van der Waals surface area (Å²) in [6, 6.07) is 15.1. The van der Waals surface area contributed by atoms with E-state index in [0.29, 0.717) is 35.3 Å². The molecule has 5 rings (SSSR count). The Labute approximate surface area is 268 Å². The van der Waals surface area contributed by atoms with E-state index in [1.54, 1.807) is 67.5 Å². The average molecular weight is 664 g/mol. The van der Waals surface area contributed by atoms with E-state index in [0.717, 1.165) is 17.7 Å². The van der Waals surface area contributed by atoms with Crippen molar-refractivity contribution in [2.45, 2.75) is 25.2 Å². The van der Waals surface area contributed by atoms with Gasteiger partial charge in [-0.2, -0.15) is 13.2 Å². The van der Waals surface area contributed by atoms with Gasteiger partial charge in [-0.15, -0.1) is 0 Å². The Morgan fingerprint density at radius 3 is 2.20 bits per heavy atom. The molecule has 45 heavy (non-hydrogen) atoms. The highest BCUT2D eigenvalue weighted by Crippen LogP contribution is 2.46. The highest BCUT2D eigenvalue weighted by atomic mass is 35.5. The van der Waals surface area contributed by atoms with E-state index in [4.69, 9.17) is 37.7 Å². The van der Waals surface area contributed by atoms with Gasteiger partial charge in [0.1, 0.15) is 24.2 Å². The second-order valence-corrected chi connectivity index (χ2v) is 11.4. The smallest absolute Gasteiger partial charge is 0.416 e. The van der Waals surface area contributed by atoms with Crippen molar-refractivity contribution in [2.75, 3.05) is 46.5 Å². The van der Waals surface area contributed by atoms with Crippen molar-refractivity contribution in [1.29, 1.82) is 0 Å². The first-order valence-corrected chi connectivity index (χ1v) is 15.1. The number of alkyl halides is 3. The van der Waals surface area contributed by atoms with Gasteiger partial charge < -0.3 is 19.3 Å². The summed E-state index contributed by atoms with van der Waals surface area (Å²) in [6.07, 6.45) is -4.61. The summed E-state index contributed by atoms with van der Waals surface area (Å²) in [4.78, 5) is 37.1. The second-order valence-electron chi connectivity index (χ2n) is 10.5. The minimum absolute atomic E-state index is 0.0732. The van der Waals surface area contributed by atoms with E-state index in [2.05, 4.69) is 0 Å². The zero-order valence-electron chi connectivity index (χ0n) is 24.6. The largest absolute Gasteiger partial charge is 0.493 e. The molecule has 13 heteroatoms. The Hall–Kier alpha value is -3.80. The average Bonchev–Trinajstić information content (AvgIpc) is 3.41. The lowest BCUT2D eigenvalue weighted by Gasteiger charge is -2.38.